The van der Waals surface area contributed by atoms with Gasteiger partial charge in [-0.25, -0.2) is 9.97 Å². The van der Waals surface area contributed by atoms with E-state index < -0.39 is 5.60 Å². The minimum atomic E-state index is -1.09. The van der Waals surface area contributed by atoms with E-state index in [9.17, 15) is 5.11 Å². The molecule has 2 aromatic rings. The maximum absolute atomic E-state index is 10.9. The van der Waals surface area contributed by atoms with Crippen molar-refractivity contribution in [3.8, 4) is 0 Å². The number of hydrogen-bond donors (Lipinski definition) is 1. The van der Waals surface area contributed by atoms with Crippen molar-refractivity contribution in [3.05, 3.63) is 39.6 Å². The average molecular weight is 466 g/mol. The van der Waals surface area contributed by atoms with Crippen molar-refractivity contribution in [2.45, 2.75) is 74.8 Å². The molecule has 1 aliphatic heterocycles. The zero-order valence-electron chi connectivity index (χ0n) is 17.8. The number of nitrogens with zero attached hydrogens (tertiary/aromatic N) is 3. The molecule has 4 nitrogen and oxygen atoms in total. The second-order valence-corrected chi connectivity index (χ2v) is 11.0. The summed E-state index contributed by atoms with van der Waals surface area (Å²) in [7, 11) is 0. The van der Waals surface area contributed by atoms with E-state index in [1.807, 2.05) is 19.1 Å². The van der Waals surface area contributed by atoms with Crippen LogP contribution < -0.4 is 4.90 Å². The fraction of sp³-hybridized carbons (Fsp3) is 0.565. The number of hydrogen-bond acceptors (Lipinski definition) is 5. The summed E-state index contributed by atoms with van der Waals surface area (Å²) in [5.41, 5.74) is 0.898. The lowest BCUT2D eigenvalue weighted by atomic mass is 9.77. The fourth-order valence-corrected chi connectivity index (χ4v) is 6.06. The highest BCUT2D eigenvalue weighted by Gasteiger charge is 2.38. The maximum atomic E-state index is 10.9. The molecule has 2 aliphatic rings. The molecule has 0 atom stereocenters. The van der Waals surface area contributed by atoms with Crippen LogP contribution in [0.25, 0.3) is 0 Å². The number of anilines is 1. The molecule has 0 amide bonds. The quantitative estimate of drug-likeness (QED) is 0.548. The van der Waals surface area contributed by atoms with Gasteiger partial charge in [0, 0.05) is 18.0 Å². The Bertz CT molecular complexity index is 929. The zero-order valence-corrected chi connectivity index (χ0v) is 20.2. The van der Waals surface area contributed by atoms with Gasteiger partial charge in [-0.2, -0.15) is 0 Å². The highest BCUT2D eigenvalue weighted by Crippen LogP contribution is 2.47. The minimum absolute atomic E-state index is 0.511. The molecule has 30 heavy (non-hydrogen) atoms. The van der Waals surface area contributed by atoms with Crippen LogP contribution in [0.15, 0.2) is 28.1 Å². The minimum Gasteiger partial charge on any atom is -0.384 e. The maximum Gasteiger partial charge on any atom is 0.153 e. The van der Waals surface area contributed by atoms with Gasteiger partial charge in [-0.3, -0.25) is 0 Å². The lowest BCUT2D eigenvalue weighted by Crippen LogP contribution is -2.41. The Kier molecular flexibility index (Phi) is 6.28. The number of halogens is 2. The number of aliphatic hydroxyl groups is 1. The van der Waals surface area contributed by atoms with Crippen LogP contribution in [-0.4, -0.2) is 28.2 Å². The standard InChI is InChI=1S/C23H29Cl2N3OS/c1-15-21(30-17-8-6-7-16(24)18(17)25)27-19(22(2,3)29)20(26-15)28-13-11-23(12-14-28)9-4-5-10-23/h6-8,29H,4-5,9-14H2,1-3H3. The molecule has 0 unspecified atom stereocenters. The number of rotatable bonds is 4. The fourth-order valence-electron chi connectivity index (χ4n) is 4.70. The highest BCUT2D eigenvalue weighted by atomic mass is 35.5. The normalized spacial score (nSPS) is 18.9. The van der Waals surface area contributed by atoms with Crippen molar-refractivity contribution < 1.29 is 5.11 Å². The molecule has 7 heteroatoms. The van der Waals surface area contributed by atoms with Crippen molar-refractivity contribution in [1.82, 2.24) is 9.97 Å². The Balaban J connectivity index is 1.65. The topological polar surface area (TPSA) is 49.2 Å². The Hall–Kier alpha value is -1.01. The van der Waals surface area contributed by atoms with E-state index in [1.54, 1.807) is 19.9 Å². The molecule has 1 saturated heterocycles. The summed E-state index contributed by atoms with van der Waals surface area (Å²) in [5.74, 6) is 0.814. The Labute approximate surface area is 193 Å². The van der Waals surface area contributed by atoms with Crippen LogP contribution in [0.5, 0.6) is 0 Å². The summed E-state index contributed by atoms with van der Waals surface area (Å²) in [6, 6.07) is 5.56. The van der Waals surface area contributed by atoms with E-state index in [0.717, 1.165) is 34.5 Å². The van der Waals surface area contributed by atoms with E-state index in [4.69, 9.17) is 33.2 Å². The van der Waals surface area contributed by atoms with Gasteiger partial charge in [-0.15, -0.1) is 0 Å². The Morgan fingerprint density at radius 1 is 1.07 bits per heavy atom. The molecule has 4 rings (SSSR count). The third-order valence-corrected chi connectivity index (χ3v) is 8.57. The molecule has 1 aromatic heterocycles. The van der Waals surface area contributed by atoms with Gasteiger partial charge in [-0.1, -0.05) is 53.9 Å². The first-order valence-electron chi connectivity index (χ1n) is 10.7. The van der Waals surface area contributed by atoms with E-state index in [2.05, 4.69) is 4.90 Å². The van der Waals surface area contributed by atoms with Crippen molar-refractivity contribution in [2.75, 3.05) is 18.0 Å². The van der Waals surface area contributed by atoms with Crippen LogP contribution in [0.2, 0.25) is 10.0 Å². The molecule has 0 radical (unpaired) electrons. The van der Waals surface area contributed by atoms with Gasteiger partial charge >= 0.3 is 0 Å². The second kappa shape index (κ2) is 8.50. The average Bonchev–Trinajstić information content (AvgIpc) is 3.14. The summed E-state index contributed by atoms with van der Waals surface area (Å²) < 4.78 is 0. The lowest BCUT2D eigenvalue weighted by Gasteiger charge is -2.41. The van der Waals surface area contributed by atoms with E-state index in [-0.39, 0.29) is 0 Å². The predicted octanol–water partition coefficient (Wildman–Crippen LogP) is 6.63. The Morgan fingerprint density at radius 2 is 1.73 bits per heavy atom. The largest absolute Gasteiger partial charge is 0.384 e. The van der Waals surface area contributed by atoms with Gasteiger partial charge in [0.2, 0.25) is 0 Å². The van der Waals surface area contributed by atoms with Gasteiger partial charge in [0.15, 0.2) is 5.82 Å². The van der Waals surface area contributed by atoms with Crippen LogP contribution in [0.3, 0.4) is 0 Å². The lowest BCUT2D eigenvalue weighted by molar-refractivity contribution is 0.0730. The van der Waals surface area contributed by atoms with Crippen LogP contribution in [0, 0.1) is 12.3 Å². The van der Waals surface area contributed by atoms with Gasteiger partial charge in [0.1, 0.15) is 16.3 Å². The number of piperidine rings is 1. The molecule has 1 saturated carbocycles. The van der Waals surface area contributed by atoms with E-state index >= 15 is 0 Å². The van der Waals surface area contributed by atoms with Crippen molar-refractivity contribution in [1.29, 1.82) is 0 Å². The molecule has 1 aromatic carbocycles. The summed E-state index contributed by atoms with van der Waals surface area (Å²) >= 11 is 14.0. The van der Waals surface area contributed by atoms with Crippen molar-refractivity contribution >= 4 is 40.8 Å². The first-order chi connectivity index (χ1) is 14.2. The SMILES string of the molecule is Cc1nc(N2CCC3(CCCC3)CC2)c(C(C)(C)O)nc1Sc1cccc(Cl)c1Cl. The Morgan fingerprint density at radius 3 is 2.37 bits per heavy atom. The number of aryl methyl sites for hydroxylation is 1. The summed E-state index contributed by atoms with van der Waals surface area (Å²) in [5, 5.41) is 12.7. The molecule has 1 spiro atoms. The van der Waals surface area contributed by atoms with Crippen LogP contribution in [0.1, 0.15) is 63.8 Å². The third-order valence-electron chi connectivity index (χ3n) is 6.50. The first-order valence-corrected chi connectivity index (χ1v) is 12.2. The molecule has 0 bridgehead atoms. The summed E-state index contributed by atoms with van der Waals surface area (Å²) in [6.07, 6.45) is 7.86. The zero-order chi connectivity index (χ0) is 21.5. The van der Waals surface area contributed by atoms with Gasteiger partial charge in [-0.05, 0) is 64.0 Å². The van der Waals surface area contributed by atoms with Crippen LogP contribution >= 0.6 is 35.0 Å². The van der Waals surface area contributed by atoms with Gasteiger partial charge in [0.05, 0.1) is 15.7 Å². The van der Waals surface area contributed by atoms with E-state index in [0.29, 0.717) is 21.2 Å². The van der Waals surface area contributed by atoms with Crippen molar-refractivity contribution in [2.24, 2.45) is 5.41 Å². The smallest absolute Gasteiger partial charge is 0.153 e. The molecule has 1 N–H and O–H groups in total. The first kappa shape index (κ1) is 22.2. The molecule has 1 aliphatic carbocycles. The number of aromatic nitrogens is 2. The van der Waals surface area contributed by atoms with E-state index in [1.165, 1.54) is 50.3 Å². The second-order valence-electron chi connectivity index (χ2n) is 9.19. The van der Waals surface area contributed by atoms with Gasteiger partial charge < -0.3 is 10.0 Å². The molecular weight excluding hydrogens is 437 g/mol. The molecular formula is C23H29Cl2N3OS. The molecule has 2 heterocycles. The van der Waals surface area contributed by atoms with Crippen LogP contribution in [-0.2, 0) is 5.60 Å². The third kappa shape index (κ3) is 4.45. The van der Waals surface area contributed by atoms with Crippen molar-refractivity contribution in [3.63, 3.8) is 0 Å². The summed E-state index contributed by atoms with van der Waals surface area (Å²) in [6.45, 7) is 7.47. The molecule has 162 valence electrons. The van der Waals surface area contributed by atoms with Gasteiger partial charge in [0.25, 0.3) is 0 Å². The number of benzene rings is 1. The van der Waals surface area contributed by atoms with Crippen LogP contribution in [0.4, 0.5) is 5.82 Å². The molecule has 2 fully saturated rings. The summed E-state index contributed by atoms with van der Waals surface area (Å²) in [4.78, 5) is 13.0. The predicted molar refractivity (Wildman–Crippen MR) is 125 cm³/mol. The highest BCUT2D eigenvalue weighted by molar-refractivity contribution is 7.99. The monoisotopic (exact) mass is 465 g/mol.